The van der Waals surface area contributed by atoms with Gasteiger partial charge in [0.2, 0.25) is 0 Å². The molecule has 2 aromatic carbocycles. The van der Waals surface area contributed by atoms with Gasteiger partial charge in [-0.15, -0.1) is 0 Å². The quantitative estimate of drug-likeness (QED) is 0.900. The molecule has 2 aromatic rings. The molecule has 4 heteroatoms. The average Bonchev–Trinajstić information content (AvgIpc) is 2.43. The summed E-state index contributed by atoms with van der Waals surface area (Å²) in [6, 6.07) is 11.5. The Bertz CT molecular complexity index is 559. The van der Waals surface area contributed by atoms with Gasteiger partial charge in [0.15, 0.2) is 0 Å². The van der Waals surface area contributed by atoms with Gasteiger partial charge < -0.3 is 10.2 Å². The van der Waals surface area contributed by atoms with E-state index in [1.54, 1.807) is 0 Å². The predicted molar refractivity (Wildman–Crippen MR) is 79.2 cm³/mol. The Labute approximate surface area is 118 Å². The minimum Gasteiger partial charge on any atom is -0.378 e. The summed E-state index contributed by atoms with van der Waals surface area (Å²) in [7, 11) is 3.93. The van der Waals surface area contributed by atoms with Gasteiger partial charge in [-0.1, -0.05) is 18.2 Å². The molecule has 0 heterocycles. The van der Waals surface area contributed by atoms with Gasteiger partial charge in [0, 0.05) is 25.8 Å². The number of hydrogen-bond donors (Lipinski definition) is 1. The third kappa shape index (κ3) is 3.07. The molecule has 0 aliphatic heterocycles. The maximum absolute atomic E-state index is 13.6. The van der Waals surface area contributed by atoms with Gasteiger partial charge in [-0.25, -0.2) is 8.78 Å². The van der Waals surface area contributed by atoms with Crippen molar-refractivity contribution in [2.24, 2.45) is 0 Å². The molecule has 1 N–H and O–H groups in total. The Morgan fingerprint density at radius 2 is 1.50 bits per heavy atom. The van der Waals surface area contributed by atoms with Gasteiger partial charge in [0.25, 0.3) is 0 Å². The molecule has 2 rings (SSSR count). The van der Waals surface area contributed by atoms with Crippen LogP contribution in [-0.4, -0.2) is 14.1 Å². The molecule has 1 unspecified atom stereocenters. The maximum Gasteiger partial charge on any atom is 0.149 e. The summed E-state index contributed by atoms with van der Waals surface area (Å²) in [5, 5.41) is 2.88. The van der Waals surface area contributed by atoms with Crippen molar-refractivity contribution in [1.82, 2.24) is 0 Å². The molecule has 0 aliphatic rings. The monoisotopic (exact) mass is 276 g/mol. The predicted octanol–water partition coefficient (Wildman–Crippen LogP) is 4.20. The summed E-state index contributed by atoms with van der Waals surface area (Å²) in [6.07, 6.45) is 0. The van der Waals surface area contributed by atoms with E-state index in [0.717, 1.165) is 11.3 Å². The van der Waals surface area contributed by atoms with Crippen LogP contribution in [0, 0.1) is 11.6 Å². The zero-order chi connectivity index (χ0) is 14.7. The van der Waals surface area contributed by atoms with Crippen LogP contribution >= 0.6 is 0 Å². The lowest BCUT2D eigenvalue weighted by Gasteiger charge is -2.18. The van der Waals surface area contributed by atoms with Gasteiger partial charge in [-0.2, -0.15) is 0 Å². The van der Waals surface area contributed by atoms with Crippen molar-refractivity contribution < 1.29 is 8.78 Å². The number of hydrogen-bond acceptors (Lipinski definition) is 2. The lowest BCUT2D eigenvalue weighted by molar-refractivity contribution is 0.584. The lowest BCUT2D eigenvalue weighted by atomic mass is 10.1. The Kier molecular flexibility index (Phi) is 4.23. The fraction of sp³-hybridized carbons (Fsp3) is 0.250. The van der Waals surface area contributed by atoms with Crippen molar-refractivity contribution in [1.29, 1.82) is 0 Å². The summed E-state index contributed by atoms with van der Waals surface area (Å²) in [4.78, 5) is 2.00. The first-order valence-corrected chi connectivity index (χ1v) is 6.47. The van der Waals surface area contributed by atoms with Crippen LogP contribution in [0.1, 0.15) is 18.5 Å². The second-order valence-corrected chi connectivity index (χ2v) is 4.95. The smallest absolute Gasteiger partial charge is 0.149 e. The molecule has 0 spiro atoms. The third-order valence-electron chi connectivity index (χ3n) is 3.23. The van der Waals surface area contributed by atoms with Crippen molar-refractivity contribution >= 4 is 11.4 Å². The Morgan fingerprint density at radius 1 is 0.950 bits per heavy atom. The highest BCUT2D eigenvalue weighted by Gasteiger charge is 2.12. The first-order valence-electron chi connectivity index (χ1n) is 6.47. The van der Waals surface area contributed by atoms with Crippen molar-refractivity contribution in [3.05, 3.63) is 59.7 Å². The fourth-order valence-corrected chi connectivity index (χ4v) is 2.00. The minimum atomic E-state index is -0.582. The minimum absolute atomic E-state index is 0.0864. The van der Waals surface area contributed by atoms with Gasteiger partial charge in [0.05, 0.1) is 0 Å². The number of para-hydroxylation sites is 1. The Hall–Kier alpha value is -2.10. The molecule has 106 valence electrons. The van der Waals surface area contributed by atoms with E-state index in [4.69, 9.17) is 0 Å². The SMILES string of the molecule is CC(Nc1c(F)cccc1F)c1ccc(N(C)C)cc1. The molecule has 0 saturated heterocycles. The van der Waals surface area contributed by atoms with Crippen molar-refractivity contribution in [2.75, 3.05) is 24.3 Å². The van der Waals surface area contributed by atoms with Crippen LogP contribution in [0.3, 0.4) is 0 Å². The van der Waals surface area contributed by atoms with E-state index < -0.39 is 11.6 Å². The van der Waals surface area contributed by atoms with Gasteiger partial charge >= 0.3 is 0 Å². The molecule has 1 atom stereocenters. The number of nitrogens with one attached hydrogen (secondary N) is 1. The second-order valence-electron chi connectivity index (χ2n) is 4.95. The largest absolute Gasteiger partial charge is 0.378 e. The van der Waals surface area contributed by atoms with Crippen molar-refractivity contribution in [3.8, 4) is 0 Å². The molecular formula is C16H18F2N2. The summed E-state index contributed by atoms with van der Waals surface area (Å²) < 4.78 is 27.2. The van der Waals surface area contributed by atoms with Crippen molar-refractivity contribution in [3.63, 3.8) is 0 Å². The molecule has 0 bridgehead atoms. The van der Waals surface area contributed by atoms with Crippen LogP contribution in [0.25, 0.3) is 0 Å². The average molecular weight is 276 g/mol. The second kappa shape index (κ2) is 5.90. The van der Waals surface area contributed by atoms with Crippen LogP contribution in [0.2, 0.25) is 0 Å². The highest BCUT2D eigenvalue weighted by Crippen LogP contribution is 2.25. The summed E-state index contributed by atoms with van der Waals surface area (Å²) in [6.45, 7) is 1.87. The summed E-state index contributed by atoms with van der Waals surface area (Å²) >= 11 is 0. The maximum atomic E-state index is 13.6. The number of benzene rings is 2. The van der Waals surface area contributed by atoms with Crippen LogP contribution in [0.15, 0.2) is 42.5 Å². The normalized spacial score (nSPS) is 12.1. The standard InChI is InChI=1S/C16H18F2N2/c1-11(12-7-9-13(10-8-12)20(2)3)19-16-14(17)5-4-6-15(16)18/h4-11,19H,1-3H3. The zero-order valence-electron chi connectivity index (χ0n) is 11.8. The van der Waals surface area contributed by atoms with E-state index >= 15 is 0 Å². The number of nitrogens with zero attached hydrogens (tertiary/aromatic N) is 1. The zero-order valence-corrected chi connectivity index (χ0v) is 11.8. The first-order chi connectivity index (χ1) is 9.49. The molecule has 0 aliphatic carbocycles. The molecule has 20 heavy (non-hydrogen) atoms. The van der Waals surface area contributed by atoms with Crippen LogP contribution in [0.5, 0.6) is 0 Å². The molecule has 0 amide bonds. The Balaban J connectivity index is 2.17. The molecular weight excluding hydrogens is 258 g/mol. The molecule has 0 aromatic heterocycles. The molecule has 0 saturated carbocycles. The van der Waals surface area contributed by atoms with Gasteiger partial charge in [-0.05, 0) is 36.8 Å². The van der Waals surface area contributed by atoms with E-state index in [1.807, 2.05) is 50.2 Å². The van der Waals surface area contributed by atoms with E-state index in [9.17, 15) is 8.78 Å². The van der Waals surface area contributed by atoms with E-state index in [1.165, 1.54) is 18.2 Å². The van der Waals surface area contributed by atoms with Crippen molar-refractivity contribution in [2.45, 2.75) is 13.0 Å². The first kappa shape index (κ1) is 14.3. The van der Waals surface area contributed by atoms with Crippen LogP contribution in [0.4, 0.5) is 20.2 Å². The number of rotatable bonds is 4. The highest BCUT2D eigenvalue weighted by molar-refractivity contribution is 5.50. The van der Waals surface area contributed by atoms with Crippen LogP contribution < -0.4 is 10.2 Å². The fourth-order valence-electron chi connectivity index (χ4n) is 2.00. The van der Waals surface area contributed by atoms with Crippen LogP contribution in [-0.2, 0) is 0 Å². The number of anilines is 2. The third-order valence-corrected chi connectivity index (χ3v) is 3.23. The molecule has 0 radical (unpaired) electrons. The molecule has 2 nitrogen and oxygen atoms in total. The summed E-state index contributed by atoms with van der Waals surface area (Å²) in [5.74, 6) is -1.16. The highest BCUT2D eigenvalue weighted by atomic mass is 19.1. The Morgan fingerprint density at radius 3 is 2.00 bits per heavy atom. The van der Waals surface area contributed by atoms with E-state index in [0.29, 0.717) is 0 Å². The summed E-state index contributed by atoms with van der Waals surface area (Å²) in [5.41, 5.74) is 1.97. The van der Waals surface area contributed by atoms with Gasteiger partial charge in [0.1, 0.15) is 17.3 Å². The molecule has 0 fully saturated rings. The van der Waals surface area contributed by atoms with Gasteiger partial charge in [-0.3, -0.25) is 0 Å². The lowest BCUT2D eigenvalue weighted by Crippen LogP contribution is -2.11. The topological polar surface area (TPSA) is 15.3 Å². The van der Waals surface area contributed by atoms with E-state index in [-0.39, 0.29) is 11.7 Å². The van der Waals surface area contributed by atoms with E-state index in [2.05, 4.69) is 5.32 Å². The number of halogens is 2.